The molecule has 3 aliphatic rings. The maximum atomic E-state index is 11.4. The first kappa shape index (κ1) is 29.2. The molecule has 36 heavy (non-hydrogen) atoms. The van der Waals surface area contributed by atoms with Crippen LogP contribution in [0.5, 0.6) is 0 Å². The summed E-state index contributed by atoms with van der Waals surface area (Å²) in [5.74, 6) is 1.20. The molecular formula is C33H54O3. The zero-order chi connectivity index (χ0) is 26.2. The number of carbonyl (C=O) groups excluding carboxylic acids is 1. The highest BCUT2D eigenvalue weighted by molar-refractivity contribution is 5.69. The zero-order valence-corrected chi connectivity index (χ0v) is 24.3. The number of cyclic esters (lactones) is 1. The van der Waals surface area contributed by atoms with Gasteiger partial charge >= 0.3 is 5.97 Å². The predicted molar refractivity (Wildman–Crippen MR) is 151 cm³/mol. The second-order valence-electron chi connectivity index (χ2n) is 12.9. The van der Waals surface area contributed by atoms with Crippen molar-refractivity contribution in [3.05, 3.63) is 34.4 Å². The van der Waals surface area contributed by atoms with Crippen LogP contribution in [-0.4, -0.2) is 19.2 Å². The molecule has 3 nitrogen and oxygen atoms in total. The van der Waals surface area contributed by atoms with Crippen LogP contribution in [0.25, 0.3) is 0 Å². The molecule has 0 spiro atoms. The van der Waals surface area contributed by atoms with E-state index in [1.807, 2.05) is 0 Å². The molecule has 0 aromatic heterocycles. The molecule has 0 saturated carbocycles. The van der Waals surface area contributed by atoms with Gasteiger partial charge in [-0.3, -0.25) is 4.79 Å². The number of hydrogen-bond acceptors (Lipinski definition) is 3. The molecule has 1 fully saturated rings. The van der Waals surface area contributed by atoms with E-state index in [0.717, 1.165) is 26.1 Å². The lowest BCUT2D eigenvalue weighted by atomic mass is 9.71. The van der Waals surface area contributed by atoms with Crippen molar-refractivity contribution >= 4 is 5.97 Å². The summed E-state index contributed by atoms with van der Waals surface area (Å²) < 4.78 is 10.9. The van der Waals surface area contributed by atoms with E-state index in [0.29, 0.717) is 24.9 Å². The molecule has 3 heteroatoms. The summed E-state index contributed by atoms with van der Waals surface area (Å²) in [6.45, 7) is 16.6. The Morgan fingerprint density at radius 3 is 1.81 bits per heavy atom. The standard InChI is InChI=1S/C18H26O.C15H28O2/c1-11-9-19-10-13-7-15-16(8-14(11)13)18(5,6)12(2)17(15,3)4;16-15-13-11-9-7-5-3-1-2-4-6-8-10-12-14-17-15/h7-8,11-12H,9-10H2,1-6H3;1-14H2. The SMILES string of the molecule is CC1COCc2cc3c(cc21)C(C)(C)C(C)C3(C)C.O=C1CCCCCCCCCCCCCCO1. The lowest BCUT2D eigenvalue weighted by Crippen LogP contribution is -2.30. The van der Waals surface area contributed by atoms with Crippen LogP contribution in [0.3, 0.4) is 0 Å². The van der Waals surface area contributed by atoms with Gasteiger partial charge in [0.2, 0.25) is 0 Å². The fourth-order valence-corrected chi connectivity index (χ4v) is 6.51. The number of fused-ring (bicyclic) bond motifs is 2. The minimum absolute atomic E-state index is 0.0112. The third kappa shape index (κ3) is 7.36. The molecule has 0 bridgehead atoms. The van der Waals surface area contributed by atoms with Crippen molar-refractivity contribution in [2.45, 2.75) is 148 Å². The second-order valence-corrected chi connectivity index (χ2v) is 12.9. The van der Waals surface area contributed by atoms with Crippen LogP contribution < -0.4 is 0 Å². The van der Waals surface area contributed by atoms with Gasteiger partial charge in [0, 0.05) is 12.3 Å². The molecule has 4 rings (SSSR count). The molecule has 204 valence electrons. The van der Waals surface area contributed by atoms with Gasteiger partial charge in [-0.25, -0.2) is 0 Å². The average molecular weight is 499 g/mol. The summed E-state index contributed by atoms with van der Waals surface area (Å²) in [6.07, 6.45) is 16.0. The van der Waals surface area contributed by atoms with Gasteiger partial charge in [0.05, 0.1) is 19.8 Å². The van der Waals surface area contributed by atoms with Crippen molar-refractivity contribution in [3.63, 3.8) is 0 Å². The van der Waals surface area contributed by atoms with Crippen LogP contribution in [0.15, 0.2) is 12.1 Å². The van der Waals surface area contributed by atoms with Crippen molar-refractivity contribution in [3.8, 4) is 0 Å². The molecule has 1 aromatic carbocycles. The van der Waals surface area contributed by atoms with Crippen molar-refractivity contribution in [1.29, 1.82) is 0 Å². The van der Waals surface area contributed by atoms with Gasteiger partial charge in [-0.2, -0.15) is 0 Å². The van der Waals surface area contributed by atoms with Crippen LogP contribution in [0.4, 0.5) is 0 Å². The molecule has 2 heterocycles. The molecule has 0 radical (unpaired) electrons. The van der Waals surface area contributed by atoms with E-state index >= 15 is 0 Å². The number of benzene rings is 1. The third-order valence-corrected chi connectivity index (χ3v) is 9.53. The summed E-state index contributed by atoms with van der Waals surface area (Å²) in [6, 6.07) is 4.93. The molecular weight excluding hydrogens is 444 g/mol. The normalized spacial score (nSPS) is 27.1. The number of esters is 1. The summed E-state index contributed by atoms with van der Waals surface area (Å²) >= 11 is 0. The smallest absolute Gasteiger partial charge is 0.305 e. The van der Waals surface area contributed by atoms with E-state index in [4.69, 9.17) is 9.47 Å². The fourth-order valence-electron chi connectivity index (χ4n) is 6.51. The van der Waals surface area contributed by atoms with Crippen LogP contribution in [0.1, 0.15) is 153 Å². The lowest BCUT2D eigenvalue weighted by Gasteiger charge is -2.32. The highest BCUT2D eigenvalue weighted by Crippen LogP contribution is 2.54. The second kappa shape index (κ2) is 13.4. The summed E-state index contributed by atoms with van der Waals surface area (Å²) in [7, 11) is 0. The Bertz CT molecular complexity index is 820. The number of hydrogen-bond donors (Lipinski definition) is 0. The van der Waals surface area contributed by atoms with Gasteiger partial charge in [0.15, 0.2) is 0 Å². The maximum Gasteiger partial charge on any atom is 0.305 e. The molecule has 0 amide bonds. The van der Waals surface area contributed by atoms with Crippen LogP contribution in [0.2, 0.25) is 0 Å². The predicted octanol–water partition coefficient (Wildman–Crippen LogP) is 9.14. The molecule has 0 N–H and O–H groups in total. The number of rotatable bonds is 0. The fraction of sp³-hybridized carbons (Fsp3) is 0.788. The largest absolute Gasteiger partial charge is 0.466 e. The van der Waals surface area contributed by atoms with Gasteiger partial charge in [-0.05, 0) is 51.8 Å². The minimum atomic E-state index is 0.0112. The number of ether oxygens (including phenoxy) is 2. The zero-order valence-electron chi connectivity index (χ0n) is 24.3. The lowest BCUT2D eigenvalue weighted by molar-refractivity contribution is -0.143. The Hall–Kier alpha value is -1.35. The minimum Gasteiger partial charge on any atom is -0.466 e. The van der Waals surface area contributed by atoms with Crippen molar-refractivity contribution in [2.24, 2.45) is 5.92 Å². The first-order valence-electron chi connectivity index (χ1n) is 15.1. The molecule has 2 unspecified atom stereocenters. The topological polar surface area (TPSA) is 35.5 Å². The van der Waals surface area contributed by atoms with Crippen molar-refractivity contribution in [2.75, 3.05) is 13.2 Å². The van der Waals surface area contributed by atoms with Gasteiger partial charge in [0.25, 0.3) is 0 Å². The van der Waals surface area contributed by atoms with E-state index in [-0.39, 0.29) is 16.8 Å². The van der Waals surface area contributed by atoms with E-state index in [1.165, 1.54) is 75.3 Å². The summed E-state index contributed by atoms with van der Waals surface area (Å²) in [5.41, 5.74) is 6.57. The highest BCUT2D eigenvalue weighted by Gasteiger charge is 2.49. The quantitative estimate of drug-likeness (QED) is 0.334. The number of carbonyl (C=O) groups is 1. The molecule has 1 saturated heterocycles. The van der Waals surface area contributed by atoms with E-state index in [1.54, 1.807) is 11.1 Å². The Morgan fingerprint density at radius 2 is 1.22 bits per heavy atom. The Kier molecular flexibility index (Phi) is 10.9. The Labute approximate surface area is 222 Å². The first-order valence-corrected chi connectivity index (χ1v) is 15.1. The highest BCUT2D eigenvalue weighted by atomic mass is 16.5. The molecule has 2 atom stereocenters. The van der Waals surface area contributed by atoms with Crippen LogP contribution in [-0.2, 0) is 31.7 Å². The van der Waals surface area contributed by atoms with E-state index < -0.39 is 0 Å². The monoisotopic (exact) mass is 498 g/mol. The maximum absolute atomic E-state index is 11.4. The summed E-state index contributed by atoms with van der Waals surface area (Å²) in [4.78, 5) is 11.4. The van der Waals surface area contributed by atoms with Gasteiger partial charge in [0.1, 0.15) is 0 Å². The molecule has 2 aliphatic heterocycles. The Balaban J connectivity index is 0.000000202. The van der Waals surface area contributed by atoms with Crippen molar-refractivity contribution in [1.82, 2.24) is 0 Å². The molecule has 1 aliphatic carbocycles. The van der Waals surface area contributed by atoms with Crippen LogP contribution in [0, 0.1) is 5.92 Å². The van der Waals surface area contributed by atoms with Gasteiger partial charge < -0.3 is 9.47 Å². The molecule has 1 aromatic rings. The van der Waals surface area contributed by atoms with Crippen molar-refractivity contribution < 1.29 is 14.3 Å². The first-order chi connectivity index (χ1) is 17.2. The van der Waals surface area contributed by atoms with Gasteiger partial charge in [-0.15, -0.1) is 0 Å². The van der Waals surface area contributed by atoms with Crippen LogP contribution >= 0.6 is 0 Å². The third-order valence-electron chi connectivity index (χ3n) is 9.53. The average Bonchev–Trinajstić information content (AvgIpc) is 2.97. The summed E-state index contributed by atoms with van der Waals surface area (Å²) in [5, 5.41) is 0. The van der Waals surface area contributed by atoms with E-state index in [9.17, 15) is 4.79 Å². The van der Waals surface area contributed by atoms with E-state index in [2.05, 4.69) is 53.7 Å². The Morgan fingerprint density at radius 1 is 0.722 bits per heavy atom. The van der Waals surface area contributed by atoms with Gasteiger partial charge in [-0.1, -0.05) is 118 Å².